The van der Waals surface area contributed by atoms with Crippen LogP contribution in [0, 0.1) is 17.6 Å². The number of benzene rings is 2. The number of fused-ring (bicyclic) bond motifs is 1. The highest BCUT2D eigenvalue weighted by Crippen LogP contribution is 2.39. The zero-order valence-corrected chi connectivity index (χ0v) is 27.9. The Morgan fingerprint density at radius 3 is 2.69 bits per heavy atom. The van der Waals surface area contributed by atoms with Crippen LogP contribution in [0.25, 0.3) is 5.69 Å². The van der Waals surface area contributed by atoms with Crippen LogP contribution in [0.4, 0.5) is 8.78 Å². The third kappa shape index (κ3) is 9.85. The molecule has 2 saturated heterocycles. The van der Waals surface area contributed by atoms with E-state index in [4.69, 9.17) is 10.5 Å². The van der Waals surface area contributed by atoms with E-state index in [0.29, 0.717) is 54.8 Å². The maximum atomic E-state index is 14.0. The maximum absolute atomic E-state index is 14.0. The first-order chi connectivity index (χ1) is 23.7. The molecule has 0 saturated carbocycles. The number of ketones is 1. The first-order valence-electron chi connectivity index (χ1n) is 16.5. The van der Waals surface area contributed by atoms with E-state index in [1.807, 2.05) is 11.8 Å². The summed E-state index contributed by atoms with van der Waals surface area (Å²) in [4.78, 5) is 50.3. The van der Waals surface area contributed by atoms with Crippen molar-refractivity contribution in [2.75, 3.05) is 18.9 Å². The maximum Gasteiger partial charge on any atom is 0.251 e. The quantitative estimate of drug-likeness (QED) is 0.146. The topological polar surface area (TPSA) is 170 Å². The molecule has 0 radical (unpaired) electrons. The van der Waals surface area contributed by atoms with Crippen LogP contribution in [0.3, 0.4) is 0 Å². The second-order valence-corrected chi connectivity index (χ2v) is 13.5. The first kappa shape index (κ1) is 35.9. The molecule has 5 rings (SSSR count). The lowest BCUT2D eigenvalue weighted by molar-refractivity contribution is -0.123. The Morgan fingerprint density at radius 1 is 1.10 bits per heavy atom. The van der Waals surface area contributed by atoms with Gasteiger partial charge in [0.15, 0.2) is 23.2 Å². The zero-order valence-electron chi connectivity index (χ0n) is 27.0. The lowest BCUT2D eigenvalue weighted by atomic mass is 9.97. The second kappa shape index (κ2) is 17.3. The number of thioether (sulfide) groups is 1. The number of nitrogens with one attached hydrogen (secondary N) is 3. The summed E-state index contributed by atoms with van der Waals surface area (Å²) in [7, 11) is 0. The summed E-state index contributed by atoms with van der Waals surface area (Å²) in [5.41, 5.74) is 6.91. The molecule has 0 unspecified atom stereocenters. The van der Waals surface area contributed by atoms with E-state index < -0.39 is 41.7 Å². The minimum atomic E-state index is -0.969. The number of Topliss-reactive ketones (excluding diaryl/α,β-unsaturated/α-hetero) is 1. The predicted octanol–water partition coefficient (Wildman–Crippen LogP) is 3.22. The van der Waals surface area contributed by atoms with Gasteiger partial charge in [-0.3, -0.25) is 19.2 Å². The average molecular weight is 698 g/mol. The smallest absolute Gasteiger partial charge is 0.251 e. The minimum Gasteiger partial charge on any atom is -0.480 e. The SMILES string of the molecule is NCCCC[C@H](NC(=O)c1cccc(-n2cc(CNC(=O)CCCC[C@@H]3SC[C@@H]4CC(=O)N[C@@H]43)nn2)c1)C(=O)COc1c(F)cccc1F. The van der Waals surface area contributed by atoms with Gasteiger partial charge in [0.25, 0.3) is 5.91 Å². The lowest BCUT2D eigenvalue weighted by Gasteiger charge is -2.18. The third-order valence-electron chi connectivity index (χ3n) is 8.65. The summed E-state index contributed by atoms with van der Waals surface area (Å²) in [6.45, 7) is -0.0372. The van der Waals surface area contributed by atoms with Crippen molar-refractivity contribution in [3.8, 4) is 11.4 Å². The van der Waals surface area contributed by atoms with Gasteiger partial charge in [-0.1, -0.05) is 23.8 Å². The number of amides is 3. The molecule has 15 heteroatoms. The number of ether oxygens (including phenoxy) is 1. The fraction of sp³-hybridized carbons (Fsp3) is 0.471. The number of carbonyl (C=O) groups excluding carboxylic acids is 4. The molecule has 2 aliphatic heterocycles. The molecule has 3 heterocycles. The van der Waals surface area contributed by atoms with E-state index in [0.717, 1.165) is 37.1 Å². The monoisotopic (exact) mass is 697 g/mol. The number of hydrogen-bond donors (Lipinski definition) is 4. The van der Waals surface area contributed by atoms with Gasteiger partial charge >= 0.3 is 0 Å². The molecular formula is C34H41F2N7O5S. The van der Waals surface area contributed by atoms with E-state index >= 15 is 0 Å². The van der Waals surface area contributed by atoms with Crippen LogP contribution in [-0.4, -0.2) is 74.7 Å². The molecule has 0 bridgehead atoms. The van der Waals surface area contributed by atoms with Crippen LogP contribution < -0.4 is 26.4 Å². The van der Waals surface area contributed by atoms with Gasteiger partial charge in [0.1, 0.15) is 12.3 Å². The van der Waals surface area contributed by atoms with Crippen LogP contribution in [0.5, 0.6) is 5.75 Å². The van der Waals surface area contributed by atoms with Crippen molar-refractivity contribution in [3.05, 3.63) is 71.6 Å². The minimum absolute atomic E-state index is 0.0839. The van der Waals surface area contributed by atoms with Gasteiger partial charge in [-0.2, -0.15) is 11.8 Å². The Hall–Kier alpha value is -4.37. The summed E-state index contributed by atoms with van der Waals surface area (Å²) in [6.07, 6.45) is 6.74. The summed E-state index contributed by atoms with van der Waals surface area (Å²) < 4.78 is 34.6. The van der Waals surface area contributed by atoms with Gasteiger partial charge in [0.2, 0.25) is 11.8 Å². The molecule has 2 aromatic carbocycles. The van der Waals surface area contributed by atoms with Crippen molar-refractivity contribution in [3.63, 3.8) is 0 Å². The molecule has 262 valence electrons. The Morgan fingerprint density at radius 2 is 1.90 bits per heavy atom. The number of rotatable bonds is 18. The zero-order chi connectivity index (χ0) is 34.8. The number of halogens is 2. The molecule has 3 amide bonds. The highest BCUT2D eigenvalue weighted by molar-refractivity contribution is 8.00. The van der Waals surface area contributed by atoms with Crippen LogP contribution in [0.2, 0.25) is 0 Å². The van der Waals surface area contributed by atoms with Crippen molar-refractivity contribution < 1.29 is 32.7 Å². The molecular weight excluding hydrogens is 656 g/mol. The Balaban J connectivity index is 1.09. The molecule has 2 aliphatic rings. The van der Waals surface area contributed by atoms with Crippen molar-refractivity contribution in [1.29, 1.82) is 0 Å². The number of nitrogens with two attached hydrogens (primary N) is 1. The van der Waals surface area contributed by atoms with Crippen LogP contribution >= 0.6 is 11.8 Å². The van der Waals surface area contributed by atoms with Gasteiger partial charge in [-0.05, 0) is 80.7 Å². The number of unbranched alkanes of at least 4 members (excludes halogenated alkanes) is 2. The average Bonchev–Trinajstić information content (AvgIpc) is 3.81. The van der Waals surface area contributed by atoms with Crippen molar-refractivity contribution in [1.82, 2.24) is 30.9 Å². The van der Waals surface area contributed by atoms with E-state index in [9.17, 15) is 28.0 Å². The molecule has 4 atom stereocenters. The van der Waals surface area contributed by atoms with E-state index in [-0.39, 0.29) is 36.4 Å². The van der Waals surface area contributed by atoms with Crippen LogP contribution in [0.15, 0.2) is 48.7 Å². The third-order valence-corrected chi connectivity index (χ3v) is 10.2. The highest BCUT2D eigenvalue weighted by Gasteiger charge is 2.42. The summed E-state index contributed by atoms with van der Waals surface area (Å²) >= 11 is 1.92. The molecule has 3 aromatic rings. The first-order valence-corrected chi connectivity index (χ1v) is 17.6. The normalized spacial score (nSPS) is 18.8. The molecule has 0 aliphatic carbocycles. The highest BCUT2D eigenvalue weighted by atomic mass is 32.2. The Labute approximate surface area is 287 Å². The Bertz CT molecular complexity index is 1620. The number of aromatic nitrogens is 3. The standard InChI is InChI=1S/C34H41F2N7O5S/c35-25-9-6-10-26(36)33(25)48-19-28(44)27(11-3-4-14-37)39-34(47)21-7-5-8-24(15-21)43-18-23(41-42-43)17-38-30(45)13-2-1-12-29-32-22(20-49-29)16-31(46)40-32/h5-10,15,18,22,27,29,32H,1-4,11-14,16-17,19-20,37H2,(H,38,45)(H,39,47)(H,40,46)/t22-,27-,29-,32-/m0/s1. The van der Waals surface area contributed by atoms with Gasteiger partial charge < -0.3 is 26.4 Å². The summed E-state index contributed by atoms with van der Waals surface area (Å²) in [5, 5.41) is 17.4. The summed E-state index contributed by atoms with van der Waals surface area (Å²) in [5.74, 6) is -2.08. The van der Waals surface area contributed by atoms with Gasteiger partial charge in [0, 0.05) is 29.7 Å². The largest absolute Gasteiger partial charge is 0.480 e. The fourth-order valence-corrected chi connectivity index (χ4v) is 7.67. The van der Waals surface area contributed by atoms with Gasteiger partial charge in [0.05, 0.1) is 24.5 Å². The number of hydrogen-bond acceptors (Lipinski definition) is 9. The van der Waals surface area contributed by atoms with Crippen LogP contribution in [-0.2, 0) is 20.9 Å². The van der Waals surface area contributed by atoms with Crippen molar-refractivity contribution in [2.45, 2.75) is 75.2 Å². The molecule has 1 aromatic heterocycles. The molecule has 12 nitrogen and oxygen atoms in total. The fourth-order valence-electron chi connectivity index (χ4n) is 6.02. The summed E-state index contributed by atoms with van der Waals surface area (Å²) in [6, 6.07) is 9.09. The Kier molecular flexibility index (Phi) is 12.7. The molecule has 5 N–H and O–H groups in total. The van der Waals surface area contributed by atoms with Crippen molar-refractivity contribution in [2.24, 2.45) is 11.7 Å². The number of nitrogens with zero attached hydrogens (tertiary/aromatic N) is 3. The second-order valence-electron chi connectivity index (χ2n) is 12.3. The predicted molar refractivity (Wildman–Crippen MR) is 179 cm³/mol. The molecule has 49 heavy (non-hydrogen) atoms. The van der Waals surface area contributed by atoms with E-state index in [1.165, 1.54) is 10.7 Å². The lowest BCUT2D eigenvalue weighted by Crippen LogP contribution is -2.43. The van der Waals surface area contributed by atoms with E-state index in [2.05, 4.69) is 26.3 Å². The molecule has 0 spiro atoms. The van der Waals surface area contributed by atoms with Crippen LogP contribution in [0.1, 0.15) is 67.4 Å². The number of para-hydroxylation sites is 1. The number of carbonyl (C=O) groups is 4. The van der Waals surface area contributed by atoms with Gasteiger partial charge in [-0.15, -0.1) is 5.10 Å². The van der Waals surface area contributed by atoms with Crippen molar-refractivity contribution >= 4 is 35.3 Å². The van der Waals surface area contributed by atoms with E-state index in [1.54, 1.807) is 30.5 Å². The van der Waals surface area contributed by atoms with Gasteiger partial charge in [-0.25, -0.2) is 13.5 Å². The molecule has 2 fully saturated rings.